The molecule has 0 saturated carbocycles. The van der Waals surface area contributed by atoms with E-state index in [1.165, 1.54) is 0 Å². The van der Waals surface area contributed by atoms with Crippen molar-refractivity contribution < 1.29 is 4.79 Å². The Balaban J connectivity index is 1.43. The zero-order valence-electron chi connectivity index (χ0n) is 14.1. The van der Waals surface area contributed by atoms with Crippen LogP contribution in [0.2, 0.25) is 5.02 Å². The maximum Gasteiger partial charge on any atom is 0.276 e. The first kappa shape index (κ1) is 17.0. The van der Waals surface area contributed by atoms with Crippen molar-refractivity contribution in [2.45, 2.75) is 6.54 Å². The Morgan fingerprint density at radius 1 is 1.11 bits per heavy atom. The summed E-state index contributed by atoms with van der Waals surface area (Å²) in [6.45, 7) is 0.578. The van der Waals surface area contributed by atoms with Crippen LogP contribution >= 0.6 is 11.6 Å². The van der Waals surface area contributed by atoms with Crippen LogP contribution in [0.4, 0.5) is 5.95 Å². The Hall–Kier alpha value is -3.45. The Kier molecular flexibility index (Phi) is 4.67. The van der Waals surface area contributed by atoms with Crippen LogP contribution in [0.5, 0.6) is 0 Å². The summed E-state index contributed by atoms with van der Waals surface area (Å²) >= 11 is 5.89. The van der Waals surface area contributed by atoms with E-state index >= 15 is 0 Å². The largest absolute Gasteiger partial charge is 0.288 e. The van der Waals surface area contributed by atoms with Gasteiger partial charge in [0.05, 0.1) is 12.2 Å². The molecule has 2 heterocycles. The molecule has 2 N–H and O–H groups in total. The Bertz CT molecular complexity index is 1060. The molecule has 7 nitrogen and oxygen atoms in total. The van der Waals surface area contributed by atoms with Crippen molar-refractivity contribution in [3.63, 3.8) is 0 Å². The highest BCUT2D eigenvalue weighted by Crippen LogP contribution is 2.20. The van der Waals surface area contributed by atoms with Crippen LogP contribution in [0.15, 0.2) is 67.0 Å². The highest BCUT2D eigenvalue weighted by molar-refractivity contribution is 6.30. The molecule has 2 aromatic heterocycles. The van der Waals surface area contributed by atoms with Crippen molar-refractivity contribution in [2.75, 3.05) is 5.32 Å². The van der Waals surface area contributed by atoms with Crippen molar-refractivity contribution >= 4 is 23.5 Å². The van der Waals surface area contributed by atoms with E-state index in [-0.39, 0.29) is 11.9 Å². The molecule has 0 saturated heterocycles. The van der Waals surface area contributed by atoms with E-state index in [1.54, 1.807) is 29.2 Å². The molecule has 4 aromatic rings. The molecule has 2 aromatic carbocycles. The van der Waals surface area contributed by atoms with Crippen molar-refractivity contribution in [3.05, 3.63) is 83.3 Å². The van der Waals surface area contributed by atoms with E-state index in [2.05, 4.69) is 25.6 Å². The zero-order valence-corrected chi connectivity index (χ0v) is 14.9. The second-order valence-electron chi connectivity index (χ2n) is 5.88. The number of rotatable bonds is 5. The van der Waals surface area contributed by atoms with Crippen molar-refractivity contribution in [1.82, 2.24) is 25.0 Å². The fraction of sp³-hybridized carbons (Fsp3) is 0.0526. The third-order valence-corrected chi connectivity index (χ3v) is 4.16. The summed E-state index contributed by atoms with van der Waals surface area (Å²) in [5, 5.41) is 14.5. The van der Waals surface area contributed by atoms with Gasteiger partial charge in [-0.15, -0.1) is 5.10 Å². The van der Waals surface area contributed by atoms with Crippen molar-refractivity contribution in [2.24, 2.45) is 0 Å². The molecule has 27 heavy (non-hydrogen) atoms. The molecule has 0 atom stereocenters. The SMILES string of the molecule is O=C(Nc1ncn(Cc2ccccc2)n1)c1cc(-c2ccc(Cl)cc2)n[nH]1. The quantitative estimate of drug-likeness (QED) is 0.555. The molecule has 0 aliphatic carbocycles. The summed E-state index contributed by atoms with van der Waals surface area (Å²) in [5.41, 5.74) is 2.93. The summed E-state index contributed by atoms with van der Waals surface area (Å²) in [6.07, 6.45) is 1.58. The van der Waals surface area contributed by atoms with E-state index < -0.39 is 0 Å². The van der Waals surface area contributed by atoms with Gasteiger partial charge in [0.1, 0.15) is 12.0 Å². The van der Waals surface area contributed by atoms with Crippen LogP contribution in [0.1, 0.15) is 16.1 Å². The predicted octanol–water partition coefficient (Wildman–Crippen LogP) is 3.62. The summed E-state index contributed by atoms with van der Waals surface area (Å²) in [5.74, 6) is -0.126. The van der Waals surface area contributed by atoms with Crippen LogP contribution in [0, 0.1) is 0 Å². The van der Waals surface area contributed by atoms with Crippen LogP contribution in [-0.4, -0.2) is 30.9 Å². The lowest BCUT2D eigenvalue weighted by molar-refractivity contribution is 0.102. The minimum atomic E-state index is -0.361. The highest BCUT2D eigenvalue weighted by Gasteiger charge is 2.13. The molecule has 4 rings (SSSR count). The third kappa shape index (κ3) is 4.04. The number of halogens is 1. The monoisotopic (exact) mass is 378 g/mol. The van der Waals surface area contributed by atoms with Gasteiger partial charge in [0.2, 0.25) is 5.95 Å². The minimum Gasteiger partial charge on any atom is -0.288 e. The molecule has 8 heteroatoms. The number of aromatic amines is 1. The second kappa shape index (κ2) is 7.43. The van der Waals surface area contributed by atoms with E-state index in [9.17, 15) is 4.79 Å². The van der Waals surface area contributed by atoms with Gasteiger partial charge >= 0.3 is 0 Å². The van der Waals surface area contributed by atoms with Crippen molar-refractivity contribution in [3.8, 4) is 11.3 Å². The fourth-order valence-electron chi connectivity index (χ4n) is 2.57. The molecule has 0 unspecified atom stereocenters. The first-order chi connectivity index (χ1) is 13.2. The molecule has 0 spiro atoms. The molecule has 0 fully saturated rings. The lowest BCUT2D eigenvalue weighted by Crippen LogP contribution is -2.14. The predicted molar refractivity (Wildman–Crippen MR) is 103 cm³/mol. The molecule has 134 valence electrons. The number of carbonyl (C=O) groups excluding carboxylic acids is 1. The van der Waals surface area contributed by atoms with Crippen LogP contribution in [-0.2, 0) is 6.54 Å². The normalized spacial score (nSPS) is 10.7. The van der Waals surface area contributed by atoms with Gasteiger partial charge in [-0.1, -0.05) is 54.1 Å². The third-order valence-electron chi connectivity index (χ3n) is 3.91. The number of H-pyrrole nitrogens is 1. The Labute approximate surface area is 160 Å². The number of hydrogen-bond acceptors (Lipinski definition) is 4. The molecule has 0 aliphatic heterocycles. The summed E-state index contributed by atoms with van der Waals surface area (Å²) in [4.78, 5) is 16.5. The standard InChI is InChI=1S/C19H15ClN6O/c20-15-8-6-14(7-9-15)16-10-17(24-23-16)18(27)22-19-21-12-26(25-19)11-13-4-2-1-3-5-13/h1-10,12H,11H2,(H,23,24)(H,22,25,27). The zero-order chi connectivity index (χ0) is 18.6. The lowest BCUT2D eigenvalue weighted by atomic mass is 10.1. The summed E-state index contributed by atoms with van der Waals surface area (Å²) in [7, 11) is 0. The van der Waals surface area contributed by atoms with Crippen LogP contribution in [0.25, 0.3) is 11.3 Å². The number of benzene rings is 2. The summed E-state index contributed by atoms with van der Waals surface area (Å²) < 4.78 is 1.66. The number of aromatic nitrogens is 5. The highest BCUT2D eigenvalue weighted by atomic mass is 35.5. The maximum absolute atomic E-state index is 12.4. The molecular weight excluding hydrogens is 364 g/mol. The number of nitrogens with one attached hydrogen (secondary N) is 2. The molecule has 0 radical (unpaired) electrons. The number of nitrogens with zero attached hydrogens (tertiary/aromatic N) is 4. The molecule has 0 bridgehead atoms. The molecule has 0 aliphatic rings. The Morgan fingerprint density at radius 3 is 2.67 bits per heavy atom. The number of amides is 1. The minimum absolute atomic E-state index is 0.235. The average Bonchev–Trinajstić information content (AvgIpc) is 3.33. The van der Waals surface area contributed by atoms with Gasteiger partial charge in [-0.25, -0.2) is 9.67 Å². The topological polar surface area (TPSA) is 88.5 Å². The average molecular weight is 379 g/mol. The molecule has 1 amide bonds. The van der Waals surface area contributed by atoms with Crippen LogP contribution < -0.4 is 5.32 Å². The van der Waals surface area contributed by atoms with E-state index in [0.717, 1.165) is 11.1 Å². The second-order valence-corrected chi connectivity index (χ2v) is 6.32. The van der Waals surface area contributed by atoms with Gasteiger partial charge in [-0.2, -0.15) is 5.10 Å². The van der Waals surface area contributed by atoms with Gasteiger partial charge < -0.3 is 0 Å². The smallest absolute Gasteiger partial charge is 0.276 e. The van der Waals surface area contributed by atoms with E-state index in [1.807, 2.05) is 42.5 Å². The number of carbonyl (C=O) groups is 1. The first-order valence-electron chi connectivity index (χ1n) is 8.23. The van der Waals surface area contributed by atoms with Gasteiger partial charge in [0.15, 0.2) is 0 Å². The fourth-order valence-corrected chi connectivity index (χ4v) is 2.70. The summed E-state index contributed by atoms with van der Waals surface area (Å²) in [6, 6.07) is 18.8. The maximum atomic E-state index is 12.4. The number of hydrogen-bond donors (Lipinski definition) is 2. The van der Waals surface area contributed by atoms with Gasteiger partial charge in [0.25, 0.3) is 5.91 Å². The molecular formula is C19H15ClN6O. The van der Waals surface area contributed by atoms with Crippen LogP contribution in [0.3, 0.4) is 0 Å². The van der Waals surface area contributed by atoms with Gasteiger partial charge in [0, 0.05) is 10.6 Å². The van der Waals surface area contributed by atoms with Gasteiger partial charge in [-0.3, -0.25) is 15.2 Å². The van der Waals surface area contributed by atoms with E-state index in [4.69, 9.17) is 11.6 Å². The van der Waals surface area contributed by atoms with Crippen molar-refractivity contribution in [1.29, 1.82) is 0 Å². The lowest BCUT2D eigenvalue weighted by Gasteiger charge is -2.00. The first-order valence-corrected chi connectivity index (χ1v) is 8.61. The van der Waals surface area contributed by atoms with E-state index in [0.29, 0.717) is 23.0 Å². The Morgan fingerprint density at radius 2 is 1.89 bits per heavy atom. The number of anilines is 1. The van der Waals surface area contributed by atoms with Gasteiger partial charge in [-0.05, 0) is 23.8 Å².